The summed E-state index contributed by atoms with van der Waals surface area (Å²) in [5.41, 5.74) is 1.90. The average Bonchev–Trinajstić information content (AvgIpc) is 2.71. The molecule has 0 unspecified atom stereocenters. The quantitative estimate of drug-likeness (QED) is 0.832. The van der Waals surface area contributed by atoms with Gasteiger partial charge in [-0.05, 0) is 17.7 Å². The number of benzene rings is 1. The maximum atomic E-state index is 12.8. The zero-order chi connectivity index (χ0) is 10.5. The zero-order valence-corrected chi connectivity index (χ0v) is 8.11. The van der Waals surface area contributed by atoms with E-state index in [4.69, 9.17) is 0 Å². The molecule has 4 heteroatoms. The maximum Gasteiger partial charge on any atom is 0.128 e. The van der Waals surface area contributed by atoms with Crippen LogP contribution in [0.15, 0.2) is 41.2 Å². The van der Waals surface area contributed by atoms with Crippen LogP contribution in [0.3, 0.4) is 0 Å². The minimum Gasteiger partial charge on any atom is -0.364 e. The van der Waals surface area contributed by atoms with Crippen LogP contribution in [0.2, 0.25) is 0 Å². The Morgan fingerprint density at radius 2 is 2.13 bits per heavy atom. The first-order chi connectivity index (χ1) is 7.34. The lowest BCUT2D eigenvalue weighted by molar-refractivity contribution is 0.418. The summed E-state index contributed by atoms with van der Waals surface area (Å²) in [6, 6.07) is 6.53. The molecule has 0 bridgehead atoms. The van der Waals surface area contributed by atoms with Gasteiger partial charge in [-0.25, -0.2) is 4.39 Å². The van der Waals surface area contributed by atoms with Crippen LogP contribution in [0.1, 0.15) is 11.1 Å². The molecule has 1 N–H and O–H groups in total. The van der Waals surface area contributed by atoms with Gasteiger partial charge in [-0.1, -0.05) is 17.3 Å². The van der Waals surface area contributed by atoms with E-state index in [-0.39, 0.29) is 5.82 Å². The third-order valence-electron chi connectivity index (χ3n) is 2.03. The lowest BCUT2D eigenvalue weighted by atomic mass is 10.2. The molecular formula is C11H11FN2O. The van der Waals surface area contributed by atoms with Crippen LogP contribution in [0.25, 0.3) is 0 Å². The van der Waals surface area contributed by atoms with Crippen molar-refractivity contribution in [3.8, 4) is 0 Å². The Bertz CT molecular complexity index is 414. The number of halogens is 1. The van der Waals surface area contributed by atoms with Gasteiger partial charge in [-0.15, -0.1) is 0 Å². The standard InChI is InChI=1S/C11H11FN2O/c12-11-3-1-2-9(4-11)5-13-6-10-7-14-15-8-10/h1-4,7-8,13H,5-6H2. The van der Waals surface area contributed by atoms with Gasteiger partial charge in [0.25, 0.3) is 0 Å². The van der Waals surface area contributed by atoms with Gasteiger partial charge in [0.05, 0.1) is 6.20 Å². The van der Waals surface area contributed by atoms with Crippen molar-refractivity contribution in [2.75, 3.05) is 0 Å². The lowest BCUT2D eigenvalue weighted by Gasteiger charge is -2.02. The number of nitrogens with one attached hydrogen (secondary N) is 1. The van der Waals surface area contributed by atoms with Gasteiger partial charge in [0.1, 0.15) is 12.1 Å². The molecule has 78 valence electrons. The minimum absolute atomic E-state index is 0.209. The summed E-state index contributed by atoms with van der Waals surface area (Å²) in [6.07, 6.45) is 3.23. The van der Waals surface area contributed by atoms with E-state index in [0.29, 0.717) is 13.1 Å². The monoisotopic (exact) mass is 206 g/mol. The summed E-state index contributed by atoms with van der Waals surface area (Å²) >= 11 is 0. The van der Waals surface area contributed by atoms with Crippen molar-refractivity contribution in [2.24, 2.45) is 0 Å². The van der Waals surface area contributed by atoms with Crippen molar-refractivity contribution in [1.29, 1.82) is 0 Å². The number of aromatic nitrogens is 1. The topological polar surface area (TPSA) is 38.1 Å². The normalized spacial score (nSPS) is 10.5. The first-order valence-electron chi connectivity index (χ1n) is 4.68. The molecule has 0 aliphatic rings. The zero-order valence-electron chi connectivity index (χ0n) is 8.11. The first-order valence-corrected chi connectivity index (χ1v) is 4.68. The van der Waals surface area contributed by atoms with E-state index in [2.05, 4.69) is 15.0 Å². The Kier molecular flexibility index (Phi) is 3.09. The molecule has 0 aliphatic heterocycles. The van der Waals surface area contributed by atoms with Crippen LogP contribution in [-0.2, 0) is 13.1 Å². The summed E-state index contributed by atoms with van der Waals surface area (Å²) in [6.45, 7) is 1.29. The van der Waals surface area contributed by atoms with Crippen LogP contribution in [0.5, 0.6) is 0 Å². The van der Waals surface area contributed by atoms with Crippen LogP contribution in [0, 0.1) is 5.82 Å². The van der Waals surface area contributed by atoms with E-state index in [1.807, 2.05) is 6.07 Å². The molecule has 0 spiro atoms. The fraction of sp³-hybridized carbons (Fsp3) is 0.182. The Hall–Kier alpha value is -1.68. The van der Waals surface area contributed by atoms with E-state index >= 15 is 0 Å². The number of nitrogens with zero attached hydrogens (tertiary/aromatic N) is 1. The maximum absolute atomic E-state index is 12.8. The number of rotatable bonds is 4. The molecular weight excluding hydrogens is 195 g/mol. The molecule has 1 aromatic heterocycles. The van der Waals surface area contributed by atoms with Gasteiger partial charge in [0.2, 0.25) is 0 Å². The third-order valence-corrected chi connectivity index (χ3v) is 2.03. The molecule has 1 aromatic carbocycles. The molecule has 0 amide bonds. The molecule has 2 aromatic rings. The van der Waals surface area contributed by atoms with Crippen molar-refractivity contribution >= 4 is 0 Å². The second kappa shape index (κ2) is 4.70. The van der Waals surface area contributed by atoms with Gasteiger partial charge in [0.15, 0.2) is 0 Å². The summed E-state index contributed by atoms with van der Waals surface area (Å²) in [4.78, 5) is 0. The Balaban J connectivity index is 1.83. The van der Waals surface area contributed by atoms with Gasteiger partial charge in [0, 0.05) is 18.7 Å². The van der Waals surface area contributed by atoms with E-state index < -0.39 is 0 Å². The minimum atomic E-state index is -0.209. The summed E-state index contributed by atoms with van der Waals surface area (Å²) in [7, 11) is 0. The van der Waals surface area contributed by atoms with Crippen LogP contribution in [0.4, 0.5) is 4.39 Å². The Morgan fingerprint density at radius 1 is 1.27 bits per heavy atom. The SMILES string of the molecule is Fc1cccc(CNCc2cnoc2)c1. The predicted octanol–water partition coefficient (Wildman–Crippen LogP) is 2.10. The Morgan fingerprint density at radius 3 is 2.87 bits per heavy atom. The highest BCUT2D eigenvalue weighted by Crippen LogP contribution is 2.03. The summed E-state index contributed by atoms with van der Waals surface area (Å²) < 4.78 is 17.5. The molecule has 0 atom stereocenters. The highest BCUT2D eigenvalue weighted by Gasteiger charge is 1.97. The second-order valence-electron chi connectivity index (χ2n) is 3.27. The summed E-state index contributed by atoms with van der Waals surface area (Å²) in [5.74, 6) is -0.209. The van der Waals surface area contributed by atoms with E-state index in [1.54, 1.807) is 18.5 Å². The predicted molar refractivity (Wildman–Crippen MR) is 53.4 cm³/mol. The molecule has 1 heterocycles. The molecule has 0 saturated heterocycles. The fourth-order valence-corrected chi connectivity index (χ4v) is 1.31. The van der Waals surface area contributed by atoms with Crippen LogP contribution >= 0.6 is 0 Å². The molecule has 2 rings (SSSR count). The van der Waals surface area contributed by atoms with Gasteiger partial charge in [-0.3, -0.25) is 0 Å². The largest absolute Gasteiger partial charge is 0.364 e. The molecule has 0 radical (unpaired) electrons. The van der Waals surface area contributed by atoms with Gasteiger partial charge in [-0.2, -0.15) is 0 Å². The van der Waals surface area contributed by atoms with Crippen molar-refractivity contribution < 1.29 is 8.91 Å². The van der Waals surface area contributed by atoms with E-state index in [1.165, 1.54) is 12.1 Å². The first kappa shape index (κ1) is 9.86. The van der Waals surface area contributed by atoms with Crippen LogP contribution in [-0.4, -0.2) is 5.16 Å². The second-order valence-corrected chi connectivity index (χ2v) is 3.27. The number of hydrogen-bond acceptors (Lipinski definition) is 3. The van der Waals surface area contributed by atoms with Gasteiger partial charge < -0.3 is 9.84 Å². The average molecular weight is 206 g/mol. The lowest BCUT2D eigenvalue weighted by Crippen LogP contribution is -2.12. The molecule has 0 fully saturated rings. The van der Waals surface area contributed by atoms with E-state index in [9.17, 15) is 4.39 Å². The van der Waals surface area contributed by atoms with Crippen molar-refractivity contribution in [1.82, 2.24) is 10.5 Å². The van der Waals surface area contributed by atoms with Crippen molar-refractivity contribution in [3.05, 3.63) is 53.7 Å². The molecule has 0 saturated carbocycles. The summed E-state index contributed by atoms with van der Waals surface area (Å²) in [5, 5.41) is 6.75. The van der Waals surface area contributed by atoms with Crippen molar-refractivity contribution in [3.63, 3.8) is 0 Å². The van der Waals surface area contributed by atoms with Crippen molar-refractivity contribution in [2.45, 2.75) is 13.1 Å². The smallest absolute Gasteiger partial charge is 0.128 e. The van der Waals surface area contributed by atoms with E-state index in [0.717, 1.165) is 11.1 Å². The number of hydrogen-bond donors (Lipinski definition) is 1. The molecule has 3 nitrogen and oxygen atoms in total. The third kappa shape index (κ3) is 2.89. The Labute approximate surface area is 86.9 Å². The van der Waals surface area contributed by atoms with Crippen LogP contribution < -0.4 is 5.32 Å². The van der Waals surface area contributed by atoms with Gasteiger partial charge >= 0.3 is 0 Å². The molecule has 0 aliphatic carbocycles. The highest BCUT2D eigenvalue weighted by atomic mass is 19.1. The fourth-order valence-electron chi connectivity index (χ4n) is 1.31. The molecule has 15 heavy (non-hydrogen) atoms. The highest BCUT2D eigenvalue weighted by molar-refractivity contribution is 5.16.